The molecular formula is C8H11ClN2O2S. The number of aliphatic carboxylic acids is 1. The van der Waals surface area contributed by atoms with E-state index in [9.17, 15) is 4.79 Å². The van der Waals surface area contributed by atoms with Crippen molar-refractivity contribution in [3.8, 4) is 0 Å². The lowest BCUT2D eigenvalue weighted by Gasteiger charge is -2.24. The molecule has 0 radical (unpaired) electrons. The Morgan fingerprint density at radius 2 is 2.50 bits per heavy atom. The number of fused-ring (bicyclic) bond motifs is 1. The summed E-state index contributed by atoms with van der Waals surface area (Å²) in [6.45, 7) is 1.78. The fraction of sp³-hybridized carbons (Fsp3) is 0.500. The summed E-state index contributed by atoms with van der Waals surface area (Å²) in [6.07, 6.45) is 1.12. The first kappa shape index (κ1) is 11.4. The molecule has 0 aromatic rings. The first-order valence-electron chi connectivity index (χ1n) is 4.17. The van der Waals surface area contributed by atoms with Gasteiger partial charge in [0.05, 0.1) is 6.42 Å². The Balaban J connectivity index is 0.000000980. The monoisotopic (exact) mass is 234 g/mol. The number of halogens is 1. The summed E-state index contributed by atoms with van der Waals surface area (Å²) in [5.41, 5.74) is 0.871. The number of carboxylic acid groups (broad SMARTS) is 1. The van der Waals surface area contributed by atoms with Crippen molar-refractivity contribution in [2.75, 3.05) is 13.1 Å². The Hall–Kier alpha value is -0.680. The summed E-state index contributed by atoms with van der Waals surface area (Å²) in [5, 5.41) is 11.5. The van der Waals surface area contributed by atoms with E-state index in [0.717, 1.165) is 30.4 Å². The zero-order valence-corrected chi connectivity index (χ0v) is 9.11. The standard InChI is InChI=1S/C8H10N2O2S.ClH/c11-7(12)4-6-5-13-8-9-2-1-3-10(6)8;/h5H,1-4H2,(H,11,12);1H. The molecule has 6 heteroatoms. The van der Waals surface area contributed by atoms with Crippen LogP contribution in [0.15, 0.2) is 16.1 Å². The molecule has 0 amide bonds. The summed E-state index contributed by atoms with van der Waals surface area (Å²) < 4.78 is 0. The van der Waals surface area contributed by atoms with Gasteiger partial charge in [-0.3, -0.25) is 9.79 Å². The third-order valence-electron chi connectivity index (χ3n) is 2.00. The van der Waals surface area contributed by atoms with E-state index in [4.69, 9.17) is 5.11 Å². The Bertz CT molecular complexity index is 304. The molecule has 0 saturated heterocycles. The maximum Gasteiger partial charge on any atom is 0.309 e. The molecule has 2 aliphatic rings. The lowest BCUT2D eigenvalue weighted by molar-refractivity contribution is -0.136. The molecule has 2 rings (SSSR count). The van der Waals surface area contributed by atoms with Gasteiger partial charge in [-0.05, 0) is 11.8 Å². The van der Waals surface area contributed by atoms with Crippen molar-refractivity contribution in [2.24, 2.45) is 4.99 Å². The lowest BCUT2D eigenvalue weighted by atomic mass is 10.2. The molecule has 0 aromatic heterocycles. The van der Waals surface area contributed by atoms with Gasteiger partial charge in [-0.2, -0.15) is 0 Å². The highest BCUT2D eigenvalue weighted by Gasteiger charge is 2.25. The fourth-order valence-electron chi connectivity index (χ4n) is 1.43. The van der Waals surface area contributed by atoms with Gasteiger partial charge in [0.1, 0.15) is 0 Å². The number of amidine groups is 1. The summed E-state index contributed by atoms with van der Waals surface area (Å²) in [7, 11) is 0. The number of rotatable bonds is 2. The van der Waals surface area contributed by atoms with Gasteiger partial charge in [0.25, 0.3) is 0 Å². The quantitative estimate of drug-likeness (QED) is 0.788. The van der Waals surface area contributed by atoms with Crippen LogP contribution in [0.25, 0.3) is 0 Å². The van der Waals surface area contributed by atoms with Gasteiger partial charge in [-0.15, -0.1) is 12.4 Å². The van der Waals surface area contributed by atoms with Crippen LogP contribution in [-0.2, 0) is 4.79 Å². The molecule has 0 bridgehead atoms. The Morgan fingerprint density at radius 3 is 3.21 bits per heavy atom. The molecule has 2 aliphatic heterocycles. The largest absolute Gasteiger partial charge is 0.481 e. The van der Waals surface area contributed by atoms with Crippen molar-refractivity contribution in [1.82, 2.24) is 4.90 Å². The number of thioether (sulfide) groups is 1. The molecule has 0 spiro atoms. The Morgan fingerprint density at radius 1 is 1.71 bits per heavy atom. The molecule has 0 aliphatic carbocycles. The van der Waals surface area contributed by atoms with Gasteiger partial charge in [0.2, 0.25) is 0 Å². The van der Waals surface area contributed by atoms with Crippen LogP contribution in [0.2, 0.25) is 0 Å². The van der Waals surface area contributed by atoms with Crippen LogP contribution in [0.4, 0.5) is 0 Å². The van der Waals surface area contributed by atoms with Crippen molar-refractivity contribution in [3.63, 3.8) is 0 Å². The average molecular weight is 235 g/mol. The number of hydrogen-bond acceptors (Lipinski definition) is 4. The van der Waals surface area contributed by atoms with E-state index in [1.54, 1.807) is 0 Å². The number of carbonyl (C=O) groups is 1. The van der Waals surface area contributed by atoms with Crippen molar-refractivity contribution in [2.45, 2.75) is 12.8 Å². The maximum atomic E-state index is 10.5. The molecule has 2 heterocycles. The molecule has 0 saturated carbocycles. The normalized spacial score (nSPS) is 19.3. The summed E-state index contributed by atoms with van der Waals surface area (Å²) >= 11 is 1.53. The molecule has 0 fully saturated rings. The Kier molecular flexibility index (Phi) is 3.83. The highest BCUT2D eigenvalue weighted by Crippen LogP contribution is 2.30. The maximum absolute atomic E-state index is 10.5. The van der Waals surface area contributed by atoms with Crippen LogP contribution in [0.3, 0.4) is 0 Å². The minimum Gasteiger partial charge on any atom is -0.481 e. The van der Waals surface area contributed by atoms with Gasteiger partial charge in [-0.25, -0.2) is 0 Å². The molecular weight excluding hydrogens is 224 g/mol. The average Bonchev–Trinajstić information content (AvgIpc) is 2.48. The molecule has 0 aromatic carbocycles. The molecule has 0 unspecified atom stereocenters. The predicted molar refractivity (Wildman–Crippen MR) is 58.8 cm³/mol. The van der Waals surface area contributed by atoms with Gasteiger partial charge < -0.3 is 10.0 Å². The zero-order chi connectivity index (χ0) is 9.26. The van der Waals surface area contributed by atoms with E-state index in [2.05, 4.69) is 4.99 Å². The third kappa shape index (κ3) is 2.22. The van der Waals surface area contributed by atoms with Crippen molar-refractivity contribution in [3.05, 3.63) is 11.1 Å². The van der Waals surface area contributed by atoms with Crippen LogP contribution >= 0.6 is 24.2 Å². The second-order valence-electron chi connectivity index (χ2n) is 2.97. The van der Waals surface area contributed by atoms with Gasteiger partial charge in [-0.1, -0.05) is 11.8 Å². The Labute approximate surface area is 92.5 Å². The van der Waals surface area contributed by atoms with Crippen molar-refractivity contribution < 1.29 is 9.90 Å². The molecule has 1 N–H and O–H groups in total. The van der Waals surface area contributed by atoms with Crippen molar-refractivity contribution in [1.29, 1.82) is 0 Å². The molecule has 78 valence electrons. The topological polar surface area (TPSA) is 52.9 Å². The lowest BCUT2D eigenvalue weighted by Crippen LogP contribution is -2.30. The van der Waals surface area contributed by atoms with Crippen LogP contribution in [0.5, 0.6) is 0 Å². The SMILES string of the molecule is Cl.O=C(O)CC1=CSC2=NCCCN12. The van der Waals surface area contributed by atoms with Crippen LogP contribution < -0.4 is 0 Å². The third-order valence-corrected chi connectivity index (χ3v) is 2.95. The van der Waals surface area contributed by atoms with Gasteiger partial charge in [0.15, 0.2) is 5.17 Å². The number of aliphatic imine (C=N–C) groups is 1. The van der Waals surface area contributed by atoms with E-state index in [1.165, 1.54) is 11.8 Å². The first-order chi connectivity index (χ1) is 6.27. The minimum atomic E-state index is -0.779. The van der Waals surface area contributed by atoms with Crippen molar-refractivity contribution >= 4 is 35.3 Å². The number of carboxylic acids is 1. The van der Waals surface area contributed by atoms with E-state index in [0.29, 0.717) is 0 Å². The second-order valence-corrected chi connectivity index (χ2v) is 3.80. The summed E-state index contributed by atoms with van der Waals surface area (Å²) in [5.74, 6) is -0.779. The van der Waals surface area contributed by atoms with Gasteiger partial charge >= 0.3 is 5.97 Å². The van der Waals surface area contributed by atoms with Gasteiger partial charge in [0, 0.05) is 18.8 Å². The van der Waals surface area contributed by atoms with E-state index in [1.807, 2.05) is 10.3 Å². The van der Waals surface area contributed by atoms with E-state index >= 15 is 0 Å². The summed E-state index contributed by atoms with van der Waals surface area (Å²) in [4.78, 5) is 16.8. The number of nitrogens with zero attached hydrogens (tertiary/aromatic N) is 2. The van der Waals surface area contributed by atoms with E-state index < -0.39 is 5.97 Å². The first-order valence-corrected chi connectivity index (χ1v) is 5.05. The fourth-order valence-corrected chi connectivity index (χ4v) is 2.38. The predicted octanol–water partition coefficient (Wildman–Crippen LogP) is 1.53. The molecule has 14 heavy (non-hydrogen) atoms. The smallest absolute Gasteiger partial charge is 0.309 e. The van der Waals surface area contributed by atoms with Crippen LogP contribution in [-0.4, -0.2) is 34.2 Å². The second kappa shape index (κ2) is 4.70. The highest BCUT2D eigenvalue weighted by molar-refractivity contribution is 8.16. The molecule has 0 atom stereocenters. The summed E-state index contributed by atoms with van der Waals surface area (Å²) in [6, 6.07) is 0. The van der Waals surface area contributed by atoms with Crippen LogP contribution in [0.1, 0.15) is 12.8 Å². The zero-order valence-electron chi connectivity index (χ0n) is 7.47. The van der Waals surface area contributed by atoms with Crippen LogP contribution in [0, 0.1) is 0 Å². The minimum absolute atomic E-state index is 0. The molecule has 4 nitrogen and oxygen atoms in total. The van der Waals surface area contributed by atoms with E-state index in [-0.39, 0.29) is 18.8 Å². The highest BCUT2D eigenvalue weighted by atomic mass is 35.5. The number of hydrogen-bond donors (Lipinski definition) is 1.